The third-order valence-electron chi connectivity index (χ3n) is 2.53. The van der Waals surface area contributed by atoms with Crippen molar-refractivity contribution in [3.63, 3.8) is 0 Å². The number of carbonyl (C=O) groups excluding carboxylic acids is 3. The second-order valence-electron chi connectivity index (χ2n) is 5.73. The molecule has 22 heavy (non-hydrogen) atoms. The van der Waals surface area contributed by atoms with Crippen molar-refractivity contribution in [3.05, 3.63) is 0 Å². The van der Waals surface area contributed by atoms with Crippen LogP contribution >= 0.6 is 11.8 Å². The normalized spacial score (nSPS) is 13.7. The van der Waals surface area contributed by atoms with Crippen LogP contribution in [0, 0.1) is 0 Å². The van der Waals surface area contributed by atoms with Crippen LogP contribution in [0.3, 0.4) is 0 Å². The van der Waals surface area contributed by atoms with Gasteiger partial charge < -0.3 is 20.1 Å². The van der Waals surface area contributed by atoms with E-state index in [0.29, 0.717) is 12.2 Å². The SMILES string of the molecule is COC(=O)[C@@H](C)NC(=O)[C@H](CCSC)NC(=O)OC(C)(C)C. The fraction of sp³-hybridized carbons (Fsp3) is 0.786. The van der Waals surface area contributed by atoms with E-state index >= 15 is 0 Å². The van der Waals surface area contributed by atoms with Gasteiger partial charge in [-0.15, -0.1) is 0 Å². The fourth-order valence-electron chi connectivity index (χ4n) is 1.50. The Balaban J connectivity index is 4.71. The van der Waals surface area contributed by atoms with Crippen molar-refractivity contribution in [2.45, 2.75) is 51.8 Å². The van der Waals surface area contributed by atoms with Crippen LogP contribution < -0.4 is 10.6 Å². The number of alkyl carbamates (subject to hydrolysis) is 1. The van der Waals surface area contributed by atoms with Crippen molar-refractivity contribution in [3.8, 4) is 0 Å². The number of carbonyl (C=O) groups is 3. The van der Waals surface area contributed by atoms with Gasteiger partial charge in [-0.2, -0.15) is 11.8 Å². The summed E-state index contributed by atoms with van der Waals surface area (Å²) in [5.41, 5.74) is -0.649. The summed E-state index contributed by atoms with van der Waals surface area (Å²) in [5, 5.41) is 5.05. The van der Waals surface area contributed by atoms with Gasteiger partial charge in [-0.25, -0.2) is 9.59 Å². The summed E-state index contributed by atoms with van der Waals surface area (Å²) in [6.07, 6.45) is 1.67. The Morgan fingerprint density at radius 1 is 1.18 bits per heavy atom. The van der Waals surface area contributed by atoms with E-state index in [-0.39, 0.29) is 0 Å². The molecule has 2 atom stereocenters. The largest absolute Gasteiger partial charge is 0.467 e. The topological polar surface area (TPSA) is 93.7 Å². The lowest BCUT2D eigenvalue weighted by molar-refractivity contribution is -0.144. The average Bonchev–Trinajstić information content (AvgIpc) is 2.40. The molecule has 2 N–H and O–H groups in total. The zero-order valence-electron chi connectivity index (χ0n) is 14.0. The monoisotopic (exact) mass is 334 g/mol. The van der Waals surface area contributed by atoms with Crippen LogP contribution in [0.5, 0.6) is 0 Å². The molecule has 128 valence electrons. The van der Waals surface area contributed by atoms with Gasteiger partial charge in [-0.3, -0.25) is 4.79 Å². The minimum absolute atomic E-state index is 0.431. The van der Waals surface area contributed by atoms with Gasteiger partial charge in [0.25, 0.3) is 0 Å². The summed E-state index contributed by atoms with van der Waals surface area (Å²) in [5.74, 6) is -0.312. The number of nitrogens with one attached hydrogen (secondary N) is 2. The first kappa shape index (κ1) is 20.6. The lowest BCUT2D eigenvalue weighted by Gasteiger charge is -2.24. The molecule has 0 aromatic rings. The minimum atomic E-state index is -0.783. The van der Waals surface area contributed by atoms with E-state index in [9.17, 15) is 14.4 Å². The highest BCUT2D eigenvalue weighted by Gasteiger charge is 2.26. The van der Waals surface area contributed by atoms with Crippen LogP contribution in [-0.2, 0) is 19.1 Å². The zero-order valence-corrected chi connectivity index (χ0v) is 14.8. The first-order valence-electron chi connectivity index (χ1n) is 6.97. The number of hydrogen-bond acceptors (Lipinski definition) is 6. The van der Waals surface area contributed by atoms with Gasteiger partial charge in [-0.05, 0) is 46.1 Å². The molecule has 0 heterocycles. The zero-order chi connectivity index (χ0) is 17.3. The van der Waals surface area contributed by atoms with Crippen molar-refractivity contribution < 1.29 is 23.9 Å². The van der Waals surface area contributed by atoms with Crippen molar-refractivity contribution in [1.82, 2.24) is 10.6 Å². The molecule has 0 aromatic heterocycles. The molecule has 0 aromatic carbocycles. The summed E-state index contributed by atoms with van der Waals surface area (Å²) in [6, 6.07) is -1.55. The Labute approximate surface area is 135 Å². The Morgan fingerprint density at radius 3 is 2.23 bits per heavy atom. The molecule has 0 saturated heterocycles. The summed E-state index contributed by atoms with van der Waals surface area (Å²) < 4.78 is 9.69. The van der Waals surface area contributed by atoms with E-state index in [1.54, 1.807) is 32.5 Å². The summed E-state index contributed by atoms with van der Waals surface area (Å²) >= 11 is 1.55. The van der Waals surface area contributed by atoms with Gasteiger partial charge in [0, 0.05) is 0 Å². The average molecular weight is 334 g/mol. The molecule has 0 saturated carbocycles. The van der Waals surface area contributed by atoms with Crippen LogP contribution in [0.15, 0.2) is 0 Å². The quantitative estimate of drug-likeness (QED) is 0.682. The van der Waals surface area contributed by atoms with E-state index in [0.717, 1.165) is 0 Å². The number of hydrogen-bond donors (Lipinski definition) is 2. The third kappa shape index (κ3) is 8.76. The van der Waals surface area contributed by atoms with Gasteiger partial charge in [0.15, 0.2) is 0 Å². The molecule has 0 spiro atoms. The van der Waals surface area contributed by atoms with Gasteiger partial charge in [0.05, 0.1) is 7.11 Å². The maximum Gasteiger partial charge on any atom is 0.408 e. The van der Waals surface area contributed by atoms with Crippen LogP contribution in [0.4, 0.5) is 4.79 Å². The first-order chi connectivity index (χ1) is 10.1. The summed E-state index contributed by atoms with van der Waals surface area (Å²) in [4.78, 5) is 35.3. The lowest BCUT2D eigenvalue weighted by atomic mass is 10.2. The number of methoxy groups -OCH3 is 1. The van der Waals surface area contributed by atoms with E-state index in [4.69, 9.17) is 4.74 Å². The molecule has 0 fully saturated rings. The Morgan fingerprint density at radius 2 is 1.77 bits per heavy atom. The van der Waals surface area contributed by atoms with Crippen LogP contribution in [0.1, 0.15) is 34.1 Å². The van der Waals surface area contributed by atoms with Crippen molar-refractivity contribution in [2.24, 2.45) is 0 Å². The second-order valence-corrected chi connectivity index (χ2v) is 6.72. The van der Waals surface area contributed by atoms with E-state index in [2.05, 4.69) is 15.4 Å². The molecule has 0 aliphatic heterocycles. The predicted molar refractivity (Wildman–Crippen MR) is 85.8 cm³/mol. The lowest BCUT2D eigenvalue weighted by Crippen LogP contribution is -2.52. The van der Waals surface area contributed by atoms with E-state index in [1.165, 1.54) is 14.0 Å². The van der Waals surface area contributed by atoms with Crippen molar-refractivity contribution in [1.29, 1.82) is 0 Å². The number of ether oxygens (including phenoxy) is 2. The molecule has 0 aliphatic rings. The first-order valence-corrected chi connectivity index (χ1v) is 8.36. The molecule has 2 amide bonds. The molecule has 7 nitrogen and oxygen atoms in total. The van der Waals surface area contributed by atoms with Gasteiger partial charge in [0.1, 0.15) is 17.7 Å². The van der Waals surface area contributed by atoms with Gasteiger partial charge in [-0.1, -0.05) is 0 Å². The number of thioether (sulfide) groups is 1. The fourth-order valence-corrected chi connectivity index (χ4v) is 1.98. The molecule has 0 aliphatic carbocycles. The summed E-state index contributed by atoms with van der Waals surface area (Å²) in [6.45, 7) is 6.73. The second kappa shape index (κ2) is 9.55. The standard InChI is InChI=1S/C14H26N2O5S/c1-9(12(18)20-5)15-11(17)10(7-8-22-6)16-13(19)21-14(2,3)4/h9-10H,7-8H2,1-6H3,(H,15,17)(H,16,19)/t9-,10+/m1/s1. The molecule has 0 rings (SSSR count). The van der Waals surface area contributed by atoms with Gasteiger partial charge in [0.2, 0.25) is 5.91 Å². The summed E-state index contributed by atoms with van der Waals surface area (Å²) in [7, 11) is 1.25. The Kier molecular flexibility index (Phi) is 8.93. The number of esters is 1. The predicted octanol–water partition coefficient (Wildman–Crippen LogP) is 1.31. The number of rotatable bonds is 7. The van der Waals surface area contributed by atoms with Crippen LogP contribution in [0.25, 0.3) is 0 Å². The third-order valence-corrected chi connectivity index (χ3v) is 3.18. The highest BCUT2D eigenvalue weighted by atomic mass is 32.2. The Hall–Kier alpha value is -1.44. The molecular formula is C14H26N2O5S. The molecule has 0 radical (unpaired) electrons. The smallest absolute Gasteiger partial charge is 0.408 e. The van der Waals surface area contributed by atoms with Crippen molar-refractivity contribution >= 4 is 29.7 Å². The molecular weight excluding hydrogens is 308 g/mol. The van der Waals surface area contributed by atoms with Crippen LogP contribution in [0.2, 0.25) is 0 Å². The molecule has 8 heteroatoms. The minimum Gasteiger partial charge on any atom is -0.467 e. The van der Waals surface area contributed by atoms with E-state index in [1.807, 2.05) is 6.26 Å². The molecule has 0 unspecified atom stereocenters. The maximum absolute atomic E-state index is 12.2. The van der Waals surface area contributed by atoms with Crippen LogP contribution in [-0.4, -0.2) is 54.8 Å². The molecule has 0 bridgehead atoms. The van der Waals surface area contributed by atoms with Crippen molar-refractivity contribution in [2.75, 3.05) is 19.1 Å². The highest BCUT2D eigenvalue weighted by molar-refractivity contribution is 7.98. The Bertz CT molecular complexity index is 395. The highest BCUT2D eigenvalue weighted by Crippen LogP contribution is 2.08. The number of amides is 2. The van der Waals surface area contributed by atoms with Gasteiger partial charge >= 0.3 is 12.1 Å². The maximum atomic E-state index is 12.2. The van der Waals surface area contributed by atoms with E-state index < -0.39 is 35.7 Å².